The summed E-state index contributed by atoms with van der Waals surface area (Å²) in [5.41, 5.74) is 22.7. The molecule has 20 aromatic rings. The van der Waals surface area contributed by atoms with E-state index in [9.17, 15) is 14.5 Å². The van der Waals surface area contributed by atoms with Gasteiger partial charge in [0.25, 0.3) is 5.69 Å². The Hall–Kier alpha value is -16.7. The van der Waals surface area contributed by atoms with Crippen LogP contribution in [0.5, 0.6) is 0 Å². The third kappa shape index (κ3) is 29.5. The number of rotatable bonds is 36. The molecular weight excluding hydrogens is 1820 g/mol. The van der Waals surface area contributed by atoms with Crippen molar-refractivity contribution in [1.29, 1.82) is 5.26 Å². The molecule has 0 aliphatic carbocycles. The summed E-state index contributed by atoms with van der Waals surface area (Å²) in [6, 6.07) is 115. The molecule has 26 heteroatoms. The lowest BCUT2D eigenvalue weighted by molar-refractivity contribution is -0.385. The highest BCUT2D eigenvalue weighted by Gasteiger charge is 2.22. The van der Waals surface area contributed by atoms with E-state index in [1.54, 1.807) is 61.7 Å². The number of fused-ring (bicyclic) bond motifs is 4. The van der Waals surface area contributed by atoms with Gasteiger partial charge >= 0.3 is 0 Å². The van der Waals surface area contributed by atoms with E-state index in [1.807, 2.05) is 105 Å². The van der Waals surface area contributed by atoms with Crippen LogP contribution in [0.4, 0.5) is 10.1 Å². The number of aryl methyl sites for hydroxylation is 4. The Morgan fingerprint density at radius 2 is 0.662 bits per heavy atom. The van der Waals surface area contributed by atoms with E-state index in [1.165, 1.54) is 62.7 Å². The van der Waals surface area contributed by atoms with Crippen LogP contribution in [0.1, 0.15) is 118 Å². The second-order valence-electron chi connectivity index (χ2n) is 36.4. The molecule has 8 aromatic heterocycles. The lowest BCUT2D eigenvalue weighted by atomic mass is 10.1. The van der Waals surface area contributed by atoms with Crippen LogP contribution in [-0.2, 0) is 104 Å². The molecule has 12 aromatic carbocycles. The first-order valence-electron chi connectivity index (χ1n) is 48.6. The highest BCUT2D eigenvalue weighted by atomic mass is 35.5. The van der Waals surface area contributed by atoms with Gasteiger partial charge in [-0.3, -0.25) is 49.6 Å². The summed E-state index contributed by atoms with van der Waals surface area (Å²) in [6.45, 7) is 19.2. The average Bonchev–Trinajstić information content (AvgIpc) is 1.74. The number of nitro benzene ring substituents is 1. The molecule has 0 aliphatic heterocycles. The summed E-state index contributed by atoms with van der Waals surface area (Å²) in [7, 11) is 0. The van der Waals surface area contributed by atoms with Crippen LogP contribution in [-0.4, -0.2) is 130 Å². The average molecular weight is 1940 g/mol. The maximum absolute atomic E-state index is 13.3. The van der Waals surface area contributed by atoms with E-state index in [0.717, 1.165) is 170 Å². The monoisotopic (exact) mass is 1930 g/mol. The summed E-state index contributed by atoms with van der Waals surface area (Å²) in [5, 5.41) is 60.0. The first kappa shape index (κ1) is 99.9. The van der Waals surface area contributed by atoms with Crippen molar-refractivity contribution in [2.24, 2.45) is 0 Å². The van der Waals surface area contributed by atoms with Crippen LogP contribution in [0.15, 0.2) is 365 Å². The maximum Gasteiger partial charge on any atom is 0.274 e. The van der Waals surface area contributed by atoms with Crippen molar-refractivity contribution < 1.29 is 9.31 Å². The van der Waals surface area contributed by atoms with Gasteiger partial charge in [-0.05, 0) is 184 Å². The molecule has 0 saturated carbocycles. The van der Waals surface area contributed by atoms with E-state index in [0.29, 0.717) is 83.1 Å². The fraction of sp³-hybridized carbons (Fsp3) is 0.202. The van der Waals surface area contributed by atoms with Crippen molar-refractivity contribution in [3.05, 3.63) is 504 Å². The number of hydrogen-bond donors (Lipinski definition) is 0. The zero-order valence-corrected chi connectivity index (χ0v) is 82.5. The van der Waals surface area contributed by atoms with Gasteiger partial charge in [-0.15, -0.1) is 40.8 Å². The molecular formula is C119H112ClFN22O2. The highest BCUT2D eigenvalue weighted by Crippen LogP contribution is 2.26. The van der Waals surface area contributed by atoms with Gasteiger partial charge in [-0.2, -0.15) is 5.26 Å². The third-order valence-corrected chi connectivity index (χ3v) is 25.5. The lowest BCUT2D eigenvalue weighted by Crippen LogP contribution is -2.27. The van der Waals surface area contributed by atoms with E-state index in [2.05, 4.69) is 305 Å². The Balaban J connectivity index is 0.000000132. The zero-order chi connectivity index (χ0) is 99.8. The fourth-order valence-electron chi connectivity index (χ4n) is 17.1. The Morgan fingerprint density at radius 3 is 1.03 bits per heavy atom. The molecule has 724 valence electrons. The minimum atomic E-state index is -0.349. The fourth-order valence-corrected chi connectivity index (χ4v) is 17.4. The summed E-state index contributed by atoms with van der Waals surface area (Å²) in [4.78, 5) is 40.2. The SMILES string of the molecule is Cc1ccc(CCN(Cc2ccc3ccccc3n2)Cc2nncn2CC#Cc2ccc(C#N)cc2)cc1.Cc1ccc(CCN(Cc2ccc3ccccc3n2)Cc2nncn2Cc2ccc(F)cc2)cc1.Cc1ccc(CCN(Cc2ccc3ccccc3n2)Cc2nncn2Cc2cccc(Cl)c2)cc1.Cc1ccc(CCN(Cc2ccc3ccccc3n2)Cc2nncn2Cc2ccccc2[N+](=O)[O-])cc1. The number of halogens is 2. The van der Waals surface area contributed by atoms with Crippen LogP contribution in [0, 0.1) is 66.8 Å². The van der Waals surface area contributed by atoms with E-state index >= 15 is 0 Å². The number of aromatic nitrogens is 16. The van der Waals surface area contributed by atoms with E-state index < -0.39 is 0 Å². The summed E-state index contributed by atoms with van der Waals surface area (Å²) < 4.78 is 21.3. The maximum atomic E-state index is 13.3. The van der Waals surface area contributed by atoms with Gasteiger partial charge in [0.2, 0.25) is 0 Å². The van der Waals surface area contributed by atoms with Crippen LogP contribution < -0.4 is 0 Å². The number of para-hydroxylation sites is 5. The van der Waals surface area contributed by atoms with Gasteiger partial charge in [0.05, 0.1) is 114 Å². The van der Waals surface area contributed by atoms with Crippen LogP contribution in [0.3, 0.4) is 0 Å². The van der Waals surface area contributed by atoms with Crippen molar-refractivity contribution in [1.82, 2.24) is 98.6 Å². The van der Waals surface area contributed by atoms with Crippen LogP contribution in [0.2, 0.25) is 5.02 Å². The second kappa shape index (κ2) is 50.1. The largest absolute Gasteiger partial charge is 0.312 e. The third-order valence-electron chi connectivity index (χ3n) is 25.3. The molecule has 0 radical (unpaired) electrons. The smallest absolute Gasteiger partial charge is 0.274 e. The summed E-state index contributed by atoms with van der Waals surface area (Å²) >= 11 is 6.19. The highest BCUT2D eigenvalue weighted by molar-refractivity contribution is 6.30. The van der Waals surface area contributed by atoms with Crippen LogP contribution in [0.25, 0.3) is 43.6 Å². The van der Waals surface area contributed by atoms with Gasteiger partial charge in [0, 0.05) is 96.1 Å². The number of benzene rings is 12. The van der Waals surface area contributed by atoms with Gasteiger partial charge in [0.15, 0.2) is 0 Å². The number of nitro groups is 1. The van der Waals surface area contributed by atoms with Crippen molar-refractivity contribution in [3.63, 3.8) is 0 Å². The minimum Gasteiger partial charge on any atom is -0.312 e. The van der Waals surface area contributed by atoms with Gasteiger partial charge in [0.1, 0.15) is 54.4 Å². The molecule has 0 N–H and O–H groups in total. The standard InChI is InChI=1S/C32H28N6.C29H28ClN5.C29H28FN5.C29H28N6O2/c1-25-8-10-27(11-9-25)18-20-37(22-30-17-16-29-6-2-3-7-31(29)35-30)23-32-36-34-24-38(32)19-4-5-26-12-14-28(21-33)15-13-26;1-22-9-11-23(12-10-22)15-16-34(19-27-14-13-25-6-2-3-8-28(25)32-27)20-29-33-31-21-35(29)18-24-5-4-7-26(30)17-24;1-22-6-8-23(9-7-22)16-17-34(19-27-15-12-25-4-2-3-5-28(25)32-27)20-29-33-31-21-35(29)18-24-10-13-26(30)14-11-24;1-22-10-12-23(13-11-22)16-17-33(19-26-15-14-24-6-2-4-8-27(24)31-26)20-29-32-30-21-34(29)18-25-7-3-5-9-28(25)35(36)37/h2-3,6-17,24H,18-20,22-23H2,1H3;2-14,17,21H,15-16,18-20H2,1H3;2-15,21H,16-20H2,1H3;2-15,21H,16-20H2,1H3. The molecule has 0 aliphatic rings. The number of hydrogen-bond acceptors (Lipinski definition) is 19. The van der Waals surface area contributed by atoms with Crippen LogP contribution >= 0.6 is 11.6 Å². The first-order chi connectivity index (χ1) is 70.9. The molecule has 0 amide bonds. The molecule has 24 nitrogen and oxygen atoms in total. The lowest BCUT2D eigenvalue weighted by Gasteiger charge is -2.22. The summed E-state index contributed by atoms with van der Waals surface area (Å²) in [6.07, 6.45) is 10.6. The molecule has 0 fully saturated rings. The minimum absolute atomic E-state index is 0.0961. The zero-order valence-electron chi connectivity index (χ0n) is 81.7. The molecule has 20 rings (SSSR count). The second-order valence-corrected chi connectivity index (χ2v) is 36.8. The molecule has 0 spiro atoms. The number of pyridine rings is 4. The first-order valence-corrected chi connectivity index (χ1v) is 49.0. The van der Waals surface area contributed by atoms with Gasteiger partial charge in [-0.1, -0.05) is 282 Å². The van der Waals surface area contributed by atoms with Crippen molar-refractivity contribution in [2.75, 3.05) is 26.2 Å². The molecule has 0 bridgehead atoms. The Kier molecular flexibility index (Phi) is 34.5. The normalized spacial score (nSPS) is 11.2. The van der Waals surface area contributed by atoms with E-state index in [4.69, 9.17) is 36.8 Å². The Bertz CT molecular complexity index is 7770. The predicted octanol–water partition coefficient (Wildman–Crippen LogP) is 22.3. The van der Waals surface area contributed by atoms with Gasteiger partial charge < -0.3 is 18.3 Å². The Morgan fingerprint density at radius 1 is 0.338 bits per heavy atom. The number of nitriles is 1. The van der Waals surface area contributed by atoms with Crippen molar-refractivity contribution in [3.8, 4) is 17.9 Å². The summed E-state index contributed by atoms with van der Waals surface area (Å²) in [5.74, 6) is 9.55. The molecule has 0 unspecified atom stereocenters. The quantitative estimate of drug-likeness (QED) is 0.0201. The molecule has 0 atom stereocenters. The predicted molar refractivity (Wildman–Crippen MR) is 569 cm³/mol. The topological polar surface area (TPSA) is 254 Å². The number of nitrogens with zero attached hydrogens (tertiary/aromatic N) is 22. The Labute approximate surface area is 849 Å². The molecule has 0 saturated heterocycles. The van der Waals surface area contributed by atoms with E-state index in [-0.39, 0.29) is 16.4 Å². The molecule has 145 heavy (non-hydrogen) atoms. The molecule has 8 heterocycles. The van der Waals surface area contributed by atoms with Gasteiger partial charge in [-0.25, -0.2) is 4.39 Å². The van der Waals surface area contributed by atoms with Crippen molar-refractivity contribution in [2.45, 2.75) is 132 Å². The van der Waals surface area contributed by atoms with Crippen molar-refractivity contribution >= 4 is 60.9 Å².